The van der Waals surface area contributed by atoms with Gasteiger partial charge in [-0.2, -0.15) is 0 Å². The van der Waals surface area contributed by atoms with Crippen molar-refractivity contribution in [1.82, 2.24) is 4.98 Å². The molecule has 3 aromatic rings. The zero-order valence-corrected chi connectivity index (χ0v) is 20.4. The summed E-state index contributed by atoms with van der Waals surface area (Å²) in [6.07, 6.45) is 6.55. The first-order chi connectivity index (χ1) is 16.5. The molecule has 0 aliphatic carbocycles. The van der Waals surface area contributed by atoms with Gasteiger partial charge in [-0.15, -0.1) is 0 Å². The van der Waals surface area contributed by atoms with E-state index in [-0.39, 0.29) is 6.04 Å². The summed E-state index contributed by atoms with van der Waals surface area (Å²) in [7, 11) is 3.17. The fraction of sp³-hybridized carbons (Fsp3) is 0.407. The standard InChI is InChI=1S/C27H34N2O5/c1-5-7-9-19(10-8-6-2)29(27(30)31)20-11-13-21(14-12-20)34-24-15-16-28-23-18-26(33-4)25(32-3)17-22(23)24/h11-19H,5-10H2,1-4H3,(H,30,31). The Morgan fingerprint density at radius 2 is 1.56 bits per heavy atom. The Hall–Kier alpha value is -3.48. The molecule has 0 spiro atoms. The largest absolute Gasteiger partial charge is 0.493 e. The molecule has 1 aromatic heterocycles. The van der Waals surface area contributed by atoms with Gasteiger partial charge in [0.05, 0.1) is 19.7 Å². The molecule has 1 amide bonds. The number of rotatable bonds is 12. The summed E-state index contributed by atoms with van der Waals surface area (Å²) in [5, 5.41) is 10.8. The lowest BCUT2D eigenvalue weighted by Crippen LogP contribution is -2.39. The Morgan fingerprint density at radius 1 is 0.941 bits per heavy atom. The number of nitrogens with zero attached hydrogens (tertiary/aromatic N) is 2. The van der Waals surface area contributed by atoms with E-state index in [0.29, 0.717) is 28.7 Å². The third kappa shape index (κ3) is 5.90. The lowest BCUT2D eigenvalue weighted by atomic mass is 10.0. The Kier molecular flexibility index (Phi) is 8.96. The maximum absolute atomic E-state index is 12.2. The third-order valence-corrected chi connectivity index (χ3v) is 5.90. The molecule has 34 heavy (non-hydrogen) atoms. The van der Waals surface area contributed by atoms with Crippen LogP contribution in [0.25, 0.3) is 10.9 Å². The summed E-state index contributed by atoms with van der Waals surface area (Å²) in [6, 6.07) is 12.6. The van der Waals surface area contributed by atoms with Gasteiger partial charge in [-0.3, -0.25) is 9.88 Å². The van der Waals surface area contributed by atoms with Crippen LogP contribution in [0.15, 0.2) is 48.7 Å². The number of pyridine rings is 1. The molecule has 0 fully saturated rings. The minimum absolute atomic E-state index is 0.0317. The van der Waals surface area contributed by atoms with Crippen LogP contribution >= 0.6 is 0 Å². The second-order valence-corrected chi connectivity index (χ2v) is 8.22. The van der Waals surface area contributed by atoms with Gasteiger partial charge in [-0.1, -0.05) is 39.5 Å². The van der Waals surface area contributed by atoms with Crippen molar-refractivity contribution in [2.45, 2.75) is 58.4 Å². The summed E-state index contributed by atoms with van der Waals surface area (Å²) in [5.74, 6) is 2.41. The molecule has 0 saturated carbocycles. The molecule has 182 valence electrons. The van der Waals surface area contributed by atoms with Crippen LogP contribution in [0.1, 0.15) is 52.4 Å². The smallest absolute Gasteiger partial charge is 0.412 e. The fourth-order valence-corrected chi connectivity index (χ4v) is 4.10. The minimum Gasteiger partial charge on any atom is -0.493 e. The van der Waals surface area contributed by atoms with Crippen LogP contribution < -0.4 is 19.1 Å². The molecule has 0 saturated heterocycles. The summed E-state index contributed by atoms with van der Waals surface area (Å²) in [5.41, 5.74) is 1.38. The highest BCUT2D eigenvalue weighted by Crippen LogP contribution is 2.37. The van der Waals surface area contributed by atoms with E-state index in [9.17, 15) is 9.90 Å². The molecule has 0 atom stereocenters. The summed E-state index contributed by atoms with van der Waals surface area (Å²) in [4.78, 5) is 18.1. The first-order valence-corrected chi connectivity index (χ1v) is 11.8. The van der Waals surface area contributed by atoms with E-state index in [1.165, 1.54) is 4.90 Å². The molecule has 0 unspecified atom stereocenters. The lowest BCUT2D eigenvalue weighted by Gasteiger charge is -2.29. The van der Waals surface area contributed by atoms with Gasteiger partial charge < -0.3 is 19.3 Å². The molecule has 0 aliphatic heterocycles. The number of unbranched alkanes of at least 4 members (excludes halogenated alkanes) is 2. The number of amides is 1. The zero-order chi connectivity index (χ0) is 24.5. The Bertz CT molecular complexity index is 1080. The van der Waals surface area contributed by atoms with E-state index in [4.69, 9.17) is 14.2 Å². The maximum atomic E-state index is 12.2. The highest BCUT2D eigenvalue weighted by Gasteiger charge is 2.24. The van der Waals surface area contributed by atoms with E-state index >= 15 is 0 Å². The van der Waals surface area contributed by atoms with E-state index in [1.807, 2.05) is 12.1 Å². The topological polar surface area (TPSA) is 81.1 Å². The fourth-order valence-electron chi connectivity index (χ4n) is 4.10. The number of carboxylic acid groups (broad SMARTS) is 1. The molecule has 1 N–H and O–H groups in total. The average Bonchev–Trinajstić information content (AvgIpc) is 2.85. The summed E-state index contributed by atoms with van der Waals surface area (Å²) in [6.45, 7) is 4.26. The van der Waals surface area contributed by atoms with E-state index in [1.54, 1.807) is 50.7 Å². The van der Waals surface area contributed by atoms with Crippen molar-refractivity contribution >= 4 is 22.7 Å². The number of ether oxygens (including phenoxy) is 3. The maximum Gasteiger partial charge on any atom is 0.412 e. The van der Waals surface area contributed by atoms with Crippen LogP contribution in [-0.2, 0) is 0 Å². The van der Waals surface area contributed by atoms with Crippen molar-refractivity contribution in [2.75, 3.05) is 19.1 Å². The molecule has 7 nitrogen and oxygen atoms in total. The Labute approximate surface area is 201 Å². The van der Waals surface area contributed by atoms with Crippen molar-refractivity contribution < 1.29 is 24.1 Å². The van der Waals surface area contributed by atoms with Crippen LogP contribution in [0.5, 0.6) is 23.0 Å². The van der Waals surface area contributed by atoms with Crippen LogP contribution in [0.4, 0.5) is 10.5 Å². The number of hydrogen-bond acceptors (Lipinski definition) is 5. The summed E-state index contributed by atoms with van der Waals surface area (Å²) < 4.78 is 16.9. The first-order valence-electron chi connectivity index (χ1n) is 11.8. The molecule has 7 heteroatoms. The number of hydrogen-bond donors (Lipinski definition) is 1. The molecule has 3 rings (SSSR count). The highest BCUT2D eigenvalue weighted by molar-refractivity contribution is 5.89. The highest BCUT2D eigenvalue weighted by atomic mass is 16.5. The number of anilines is 1. The van der Waals surface area contributed by atoms with Crippen molar-refractivity contribution in [3.05, 3.63) is 48.7 Å². The van der Waals surface area contributed by atoms with Crippen LogP contribution in [0, 0.1) is 0 Å². The van der Waals surface area contributed by atoms with Crippen molar-refractivity contribution in [2.24, 2.45) is 0 Å². The second kappa shape index (κ2) is 12.1. The predicted molar refractivity (Wildman–Crippen MR) is 135 cm³/mol. The van der Waals surface area contributed by atoms with Crippen molar-refractivity contribution in [3.8, 4) is 23.0 Å². The van der Waals surface area contributed by atoms with Gasteiger partial charge in [0, 0.05) is 29.4 Å². The van der Waals surface area contributed by atoms with Crippen molar-refractivity contribution in [3.63, 3.8) is 0 Å². The van der Waals surface area contributed by atoms with Gasteiger partial charge in [-0.25, -0.2) is 4.79 Å². The van der Waals surface area contributed by atoms with E-state index in [2.05, 4.69) is 18.8 Å². The molecule has 0 aliphatic rings. The molecule has 0 radical (unpaired) electrons. The lowest BCUT2D eigenvalue weighted by molar-refractivity contribution is 0.197. The van der Waals surface area contributed by atoms with Gasteiger partial charge in [0.15, 0.2) is 11.5 Å². The SMILES string of the molecule is CCCCC(CCCC)N(C(=O)O)c1ccc(Oc2ccnc3cc(OC)c(OC)cc23)cc1. The number of fused-ring (bicyclic) bond motifs is 1. The van der Waals surface area contributed by atoms with Gasteiger partial charge in [0.1, 0.15) is 11.5 Å². The van der Waals surface area contributed by atoms with Gasteiger partial charge in [-0.05, 0) is 49.2 Å². The van der Waals surface area contributed by atoms with Gasteiger partial charge in [0.2, 0.25) is 0 Å². The summed E-state index contributed by atoms with van der Waals surface area (Å²) >= 11 is 0. The number of carbonyl (C=O) groups is 1. The molecule has 0 bridgehead atoms. The van der Waals surface area contributed by atoms with Gasteiger partial charge in [0.25, 0.3) is 0 Å². The van der Waals surface area contributed by atoms with Crippen molar-refractivity contribution in [1.29, 1.82) is 0 Å². The van der Waals surface area contributed by atoms with Gasteiger partial charge >= 0.3 is 6.09 Å². The first kappa shape index (κ1) is 25.1. The predicted octanol–water partition coefficient (Wildman–Crippen LogP) is 7.28. The monoisotopic (exact) mass is 466 g/mol. The quantitative estimate of drug-likeness (QED) is 0.302. The molecular weight excluding hydrogens is 432 g/mol. The van der Waals surface area contributed by atoms with Crippen LogP contribution in [-0.4, -0.2) is 36.4 Å². The van der Waals surface area contributed by atoms with Crippen LogP contribution in [0.3, 0.4) is 0 Å². The Morgan fingerprint density at radius 3 is 2.12 bits per heavy atom. The minimum atomic E-state index is -0.924. The third-order valence-electron chi connectivity index (χ3n) is 5.90. The molecular formula is C27H34N2O5. The number of methoxy groups -OCH3 is 2. The van der Waals surface area contributed by atoms with Crippen LogP contribution in [0.2, 0.25) is 0 Å². The van der Waals surface area contributed by atoms with E-state index < -0.39 is 6.09 Å². The van der Waals surface area contributed by atoms with E-state index in [0.717, 1.165) is 49.4 Å². The number of benzene rings is 2. The normalized spacial score (nSPS) is 11.0. The second-order valence-electron chi connectivity index (χ2n) is 8.22. The number of aromatic nitrogens is 1. The molecule has 2 aromatic carbocycles. The molecule has 1 heterocycles. The Balaban J connectivity index is 1.87. The zero-order valence-electron chi connectivity index (χ0n) is 20.4. The average molecular weight is 467 g/mol.